The number of nitrogens with one attached hydrogen (secondary N) is 1. The van der Waals surface area contributed by atoms with Crippen LogP contribution in [0.15, 0.2) is 48.7 Å². The Morgan fingerprint density at radius 3 is 2.68 bits per heavy atom. The number of hydrogen-bond acceptors (Lipinski definition) is 3. The molecule has 3 rings (SSSR count). The predicted octanol–water partition coefficient (Wildman–Crippen LogP) is 4.52. The first-order valence-electron chi connectivity index (χ1n) is 9.21. The van der Waals surface area contributed by atoms with E-state index in [9.17, 15) is 4.79 Å². The second-order valence-corrected chi connectivity index (χ2v) is 7.13. The topological polar surface area (TPSA) is 45.2 Å². The molecular formula is C21H27N3O. The number of hydrogen-bond donors (Lipinski definition) is 1. The predicted molar refractivity (Wildman–Crippen MR) is 102 cm³/mol. The van der Waals surface area contributed by atoms with E-state index in [0.717, 1.165) is 49.3 Å². The fourth-order valence-corrected chi connectivity index (χ4v) is 3.28. The van der Waals surface area contributed by atoms with Gasteiger partial charge < -0.3 is 10.2 Å². The molecule has 1 saturated heterocycles. The summed E-state index contributed by atoms with van der Waals surface area (Å²) in [5.74, 6) is 1.60. The van der Waals surface area contributed by atoms with Gasteiger partial charge in [-0.1, -0.05) is 38.1 Å². The smallest absolute Gasteiger partial charge is 0.254 e. The molecule has 25 heavy (non-hydrogen) atoms. The van der Waals surface area contributed by atoms with Gasteiger partial charge in [0.25, 0.3) is 5.91 Å². The van der Waals surface area contributed by atoms with Crippen molar-refractivity contribution in [2.75, 3.05) is 18.4 Å². The van der Waals surface area contributed by atoms with Crippen LogP contribution in [0.25, 0.3) is 0 Å². The summed E-state index contributed by atoms with van der Waals surface area (Å²) in [5.41, 5.74) is 1.89. The molecule has 1 aliphatic heterocycles. The van der Waals surface area contributed by atoms with Gasteiger partial charge in [-0.05, 0) is 48.9 Å². The number of pyridine rings is 1. The van der Waals surface area contributed by atoms with Crippen LogP contribution >= 0.6 is 0 Å². The van der Waals surface area contributed by atoms with Gasteiger partial charge in [0, 0.05) is 24.8 Å². The van der Waals surface area contributed by atoms with Crippen LogP contribution in [-0.2, 0) is 0 Å². The normalized spacial score (nSPS) is 17.6. The quantitative estimate of drug-likeness (QED) is 0.872. The van der Waals surface area contributed by atoms with Crippen LogP contribution in [0.4, 0.5) is 5.82 Å². The molecule has 4 nitrogen and oxygen atoms in total. The molecule has 1 amide bonds. The summed E-state index contributed by atoms with van der Waals surface area (Å²) in [5, 5.41) is 3.34. The first kappa shape index (κ1) is 17.5. The Hall–Kier alpha value is -2.36. The lowest BCUT2D eigenvalue weighted by Gasteiger charge is -2.36. The summed E-state index contributed by atoms with van der Waals surface area (Å²) < 4.78 is 0. The highest BCUT2D eigenvalue weighted by Gasteiger charge is 2.28. The summed E-state index contributed by atoms with van der Waals surface area (Å²) in [6.45, 7) is 6.08. The number of benzene rings is 1. The highest BCUT2D eigenvalue weighted by molar-refractivity contribution is 5.94. The Kier molecular flexibility index (Phi) is 5.69. The van der Waals surface area contributed by atoms with E-state index in [0.29, 0.717) is 5.92 Å². The van der Waals surface area contributed by atoms with Crippen LogP contribution in [0.1, 0.15) is 55.1 Å². The largest absolute Gasteiger partial charge is 0.370 e. The standard InChI is InChI=1S/C21H27N3O/c1-16(2)14-22-20-12-11-18(15-23-20)19-10-6-7-13-24(19)21(25)17-8-4-3-5-9-17/h3-5,8-9,11-12,15-16,19H,6-7,10,13-14H2,1-2H3,(H,22,23). The summed E-state index contributed by atoms with van der Waals surface area (Å²) >= 11 is 0. The second kappa shape index (κ2) is 8.15. The van der Waals surface area contributed by atoms with Crippen molar-refractivity contribution in [3.8, 4) is 0 Å². The van der Waals surface area contributed by atoms with E-state index in [-0.39, 0.29) is 11.9 Å². The lowest BCUT2D eigenvalue weighted by Crippen LogP contribution is -2.38. The summed E-state index contributed by atoms with van der Waals surface area (Å²) in [6, 6.07) is 13.8. The van der Waals surface area contributed by atoms with E-state index in [1.54, 1.807) is 0 Å². The molecular weight excluding hydrogens is 310 g/mol. The van der Waals surface area contributed by atoms with Gasteiger partial charge in [-0.15, -0.1) is 0 Å². The molecule has 4 heteroatoms. The van der Waals surface area contributed by atoms with Crippen molar-refractivity contribution < 1.29 is 4.79 Å². The molecule has 0 spiro atoms. The van der Waals surface area contributed by atoms with Gasteiger partial charge in [-0.3, -0.25) is 4.79 Å². The molecule has 0 saturated carbocycles. The zero-order valence-electron chi connectivity index (χ0n) is 15.1. The molecule has 1 aliphatic rings. The van der Waals surface area contributed by atoms with E-state index in [2.05, 4.69) is 30.2 Å². The molecule has 0 radical (unpaired) electrons. The average molecular weight is 337 g/mol. The van der Waals surface area contributed by atoms with Gasteiger partial charge in [0.1, 0.15) is 5.82 Å². The van der Waals surface area contributed by atoms with Crippen LogP contribution in [0, 0.1) is 5.92 Å². The monoisotopic (exact) mass is 337 g/mol. The zero-order valence-corrected chi connectivity index (χ0v) is 15.1. The Morgan fingerprint density at radius 2 is 2.00 bits per heavy atom. The Labute approximate surface area is 150 Å². The number of amides is 1. The van der Waals surface area contributed by atoms with Crippen LogP contribution in [-0.4, -0.2) is 28.9 Å². The molecule has 1 aromatic heterocycles. The molecule has 1 N–H and O–H groups in total. The maximum atomic E-state index is 12.9. The van der Waals surface area contributed by atoms with Gasteiger partial charge in [0.05, 0.1) is 6.04 Å². The van der Waals surface area contributed by atoms with E-state index in [4.69, 9.17) is 0 Å². The minimum atomic E-state index is 0.118. The van der Waals surface area contributed by atoms with Gasteiger partial charge in [-0.25, -0.2) is 4.98 Å². The van der Waals surface area contributed by atoms with E-state index < -0.39 is 0 Å². The van der Waals surface area contributed by atoms with Gasteiger partial charge in [0.2, 0.25) is 0 Å². The summed E-state index contributed by atoms with van der Waals surface area (Å²) in [7, 11) is 0. The molecule has 132 valence electrons. The minimum Gasteiger partial charge on any atom is -0.370 e. The number of nitrogens with zero attached hydrogens (tertiary/aromatic N) is 2. The van der Waals surface area contributed by atoms with Crippen molar-refractivity contribution in [3.05, 3.63) is 59.8 Å². The third-order valence-electron chi connectivity index (χ3n) is 4.65. The second-order valence-electron chi connectivity index (χ2n) is 7.13. The van der Waals surface area contributed by atoms with Crippen molar-refractivity contribution in [3.63, 3.8) is 0 Å². The van der Waals surface area contributed by atoms with Crippen molar-refractivity contribution >= 4 is 11.7 Å². The Balaban J connectivity index is 1.75. The van der Waals surface area contributed by atoms with Crippen LogP contribution < -0.4 is 5.32 Å². The fraction of sp³-hybridized carbons (Fsp3) is 0.429. The van der Waals surface area contributed by atoms with Gasteiger partial charge in [0.15, 0.2) is 0 Å². The number of aromatic nitrogens is 1. The number of piperidine rings is 1. The zero-order chi connectivity index (χ0) is 17.6. The number of carbonyl (C=O) groups is 1. The molecule has 1 unspecified atom stereocenters. The number of carbonyl (C=O) groups excluding carboxylic acids is 1. The lowest BCUT2D eigenvalue weighted by atomic mass is 9.95. The van der Waals surface area contributed by atoms with Crippen molar-refractivity contribution in [2.45, 2.75) is 39.2 Å². The summed E-state index contributed by atoms with van der Waals surface area (Å²) in [4.78, 5) is 19.5. The first-order chi connectivity index (χ1) is 12.1. The SMILES string of the molecule is CC(C)CNc1ccc(C2CCCCN2C(=O)c2ccccc2)cn1. The van der Waals surface area contributed by atoms with Crippen LogP contribution in [0.5, 0.6) is 0 Å². The average Bonchev–Trinajstić information content (AvgIpc) is 2.67. The van der Waals surface area contributed by atoms with Crippen molar-refractivity contribution in [2.24, 2.45) is 5.92 Å². The molecule has 2 aromatic rings. The molecule has 1 atom stereocenters. The van der Waals surface area contributed by atoms with Gasteiger partial charge in [-0.2, -0.15) is 0 Å². The molecule has 0 aliphatic carbocycles. The summed E-state index contributed by atoms with van der Waals surface area (Å²) in [6.07, 6.45) is 5.13. The van der Waals surface area contributed by atoms with E-state index in [1.165, 1.54) is 0 Å². The van der Waals surface area contributed by atoms with Gasteiger partial charge >= 0.3 is 0 Å². The van der Waals surface area contributed by atoms with Crippen LogP contribution in [0.2, 0.25) is 0 Å². The fourth-order valence-electron chi connectivity index (χ4n) is 3.28. The molecule has 1 aromatic carbocycles. The minimum absolute atomic E-state index is 0.118. The van der Waals surface area contributed by atoms with E-state index in [1.807, 2.05) is 47.5 Å². The van der Waals surface area contributed by atoms with Crippen molar-refractivity contribution in [1.82, 2.24) is 9.88 Å². The Morgan fingerprint density at radius 1 is 1.20 bits per heavy atom. The first-order valence-corrected chi connectivity index (χ1v) is 9.21. The maximum Gasteiger partial charge on any atom is 0.254 e. The Bertz CT molecular complexity index is 682. The number of likely N-dealkylation sites (tertiary alicyclic amines) is 1. The molecule has 0 bridgehead atoms. The third kappa shape index (κ3) is 4.38. The maximum absolute atomic E-state index is 12.9. The number of rotatable bonds is 5. The lowest BCUT2D eigenvalue weighted by molar-refractivity contribution is 0.0611. The third-order valence-corrected chi connectivity index (χ3v) is 4.65. The van der Waals surface area contributed by atoms with Crippen LogP contribution in [0.3, 0.4) is 0 Å². The van der Waals surface area contributed by atoms with Crippen molar-refractivity contribution in [1.29, 1.82) is 0 Å². The molecule has 2 heterocycles. The number of anilines is 1. The molecule has 1 fully saturated rings. The highest BCUT2D eigenvalue weighted by Crippen LogP contribution is 2.32. The highest BCUT2D eigenvalue weighted by atomic mass is 16.2. The van der Waals surface area contributed by atoms with E-state index >= 15 is 0 Å².